The van der Waals surface area contributed by atoms with Gasteiger partial charge in [-0.25, -0.2) is 0 Å². The number of nitrogens with zero attached hydrogens (tertiary/aromatic N) is 1. The van der Waals surface area contributed by atoms with Crippen LogP contribution >= 0.6 is 0 Å². The lowest BCUT2D eigenvalue weighted by molar-refractivity contribution is -0.121. The molecular formula is C24H24N2O3. The van der Waals surface area contributed by atoms with E-state index in [9.17, 15) is 9.59 Å². The molecule has 0 saturated heterocycles. The molecule has 0 unspecified atom stereocenters. The average molecular weight is 388 g/mol. The topological polar surface area (TPSA) is 58.6 Å². The first kappa shape index (κ1) is 19.2. The largest absolute Gasteiger partial charge is 0.375 e. The molecule has 0 aromatic heterocycles. The van der Waals surface area contributed by atoms with E-state index in [0.717, 1.165) is 27.6 Å². The van der Waals surface area contributed by atoms with Gasteiger partial charge in [0.1, 0.15) is 0 Å². The van der Waals surface area contributed by atoms with Crippen molar-refractivity contribution >= 4 is 28.3 Å². The molecule has 1 N–H and O–H groups in total. The van der Waals surface area contributed by atoms with Crippen LogP contribution in [0.5, 0.6) is 0 Å². The van der Waals surface area contributed by atoms with Crippen molar-refractivity contribution in [2.24, 2.45) is 0 Å². The number of carbonyl (C=O) groups is 2. The van der Waals surface area contributed by atoms with Crippen molar-refractivity contribution in [3.8, 4) is 0 Å². The van der Waals surface area contributed by atoms with E-state index in [0.29, 0.717) is 39.1 Å². The molecule has 4 rings (SSSR count). The fourth-order valence-electron chi connectivity index (χ4n) is 3.71. The minimum absolute atomic E-state index is 0.0179. The monoisotopic (exact) mass is 388 g/mol. The Labute approximate surface area is 170 Å². The molecular weight excluding hydrogens is 364 g/mol. The second kappa shape index (κ2) is 8.88. The molecule has 0 bridgehead atoms. The molecule has 0 saturated carbocycles. The van der Waals surface area contributed by atoms with Crippen molar-refractivity contribution in [2.45, 2.75) is 19.4 Å². The van der Waals surface area contributed by atoms with Gasteiger partial charge < -0.3 is 15.0 Å². The molecule has 0 aliphatic carbocycles. The van der Waals surface area contributed by atoms with E-state index in [1.807, 2.05) is 66.7 Å². The summed E-state index contributed by atoms with van der Waals surface area (Å²) < 4.78 is 5.57. The zero-order valence-corrected chi connectivity index (χ0v) is 16.3. The van der Waals surface area contributed by atoms with E-state index < -0.39 is 0 Å². The van der Waals surface area contributed by atoms with Gasteiger partial charge in [-0.2, -0.15) is 0 Å². The maximum atomic E-state index is 12.7. The van der Waals surface area contributed by atoms with Gasteiger partial charge in [0, 0.05) is 30.5 Å². The second-order valence-electron chi connectivity index (χ2n) is 7.13. The van der Waals surface area contributed by atoms with Gasteiger partial charge in [-0.1, -0.05) is 54.6 Å². The van der Waals surface area contributed by atoms with Crippen LogP contribution in [0.25, 0.3) is 10.8 Å². The van der Waals surface area contributed by atoms with E-state index >= 15 is 0 Å². The number of benzene rings is 3. The summed E-state index contributed by atoms with van der Waals surface area (Å²) in [6.45, 7) is 2.03. The lowest BCUT2D eigenvalue weighted by atomic mass is 10.1. The Bertz CT molecular complexity index is 1010. The number of hydrogen-bond acceptors (Lipinski definition) is 3. The third kappa shape index (κ3) is 4.30. The van der Waals surface area contributed by atoms with Crippen LogP contribution in [0.3, 0.4) is 0 Å². The van der Waals surface area contributed by atoms with Gasteiger partial charge >= 0.3 is 0 Å². The normalized spacial score (nSPS) is 12.6. The number of anilines is 1. The van der Waals surface area contributed by atoms with Crippen molar-refractivity contribution in [2.75, 3.05) is 24.6 Å². The van der Waals surface area contributed by atoms with Crippen LogP contribution in [-0.2, 0) is 16.1 Å². The highest BCUT2D eigenvalue weighted by atomic mass is 16.5. The van der Waals surface area contributed by atoms with Gasteiger partial charge in [0.05, 0.1) is 18.9 Å². The molecule has 0 atom stereocenters. The Morgan fingerprint density at radius 2 is 1.76 bits per heavy atom. The molecule has 5 heteroatoms. The zero-order valence-electron chi connectivity index (χ0n) is 16.3. The van der Waals surface area contributed by atoms with Crippen LogP contribution < -0.4 is 10.2 Å². The Kier molecular flexibility index (Phi) is 5.86. The first-order valence-electron chi connectivity index (χ1n) is 9.96. The molecule has 0 spiro atoms. The average Bonchev–Trinajstić information content (AvgIpc) is 3.02. The van der Waals surface area contributed by atoms with Gasteiger partial charge in [-0.05, 0) is 29.5 Å². The zero-order chi connectivity index (χ0) is 20.1. The summed E-state index contributed by atoms with van der Waals surface area (Å²) in [6.07, 6.45) is 1.00. The Morgan fingerprint density at radius 1 is 0.966 bits per heavy atom. The highest BCUT2D eigenvalue weighted by molar-refractivity contribution is 6.25. The SMILES string of the molecule is O=C(CCCN1C(=O)c2cccc3cccc1c23)NCCOCc1ccccc1. The van der Waals surface area contributed by atoms with Crippen LogP contribution in [0.4, 0.5) is 5.69 Å². The number of ether oxygens (including phenoxy) is 1. The highest BCUT2D eigenvalue weighted by Crippen LogP contribution is 2.37. The van der Waals surface area contributed by atoms with E-state index in [4.69, 9.17) is 4.74 Å². The minimum Gasteiger partial charge on any atom is -0.375 e. The molecule has 0 radical (unpaired) electrons. The van der Waals surface area contributed by atoms with Gasteiger partial charge in [0.15, 0.2) is 0 Å². The quantitative estimate of drug-likeness (QED) is 0.566. The van der Waals surface area contributed by atoms with Gasteiger partial charge in [0.25, 0.3) is 5.91 Å². The number of rotatable bonds is 9. The van der Waals surface area contributed by atoms with E-state index in [1.165, 1.54) is 0 Å². The molecule has 29 heavy (non-hydrogen) atoms. The van der Waals surface area contributed by atoms with Crippen LogP contribution in [0.1, 0.15) is 28.8 Å². The summed E-state index contributed by atoms with van der Waals surface area (Å²) in [5.74, 6) is 0.00204. The van der Waals surface area contributed by atoms with Crippen molar-refractivity contribution in [3.05, 3.63) is 77.9 Å². The predicted octanol–water partition coefficient (Wildman–Crippen LogP) is 3.91. The van der Waals surface area contributed by atoms with E-state index in [-0.39, 0.29) is 11.8 Å². The number of nitrogens with one attached hydrogen (secondary N) is 1. The maximum Gasteiger partial charge on any atom is 0.258 e. The van der Waals surface area contributed by atoms with Crippen LogP contribution in [-0.4, -0.2) is 31.5 Å². The number of carbonyl (C=O) groups excluding carboxylic acids is 2. The molecule has 2 amide bonds. The van der Waals surface area contributed by atoms with Crippen molar-refractivity contribution in [1.29, 1.82) is 0 Å². The van der Waals surface area contributed by atoms with E-state index in [1.54, 1.807) is 4.90 Å². The summed E-state index contributed by atoms with van der Waals surface area (Å²) >= 11 is 0. The Morgan fingerprint density at radius 3 is 2.59 bits per heavy atom. The third-order valence-electron chi connectivity index (χ3n) is 5.11. The summed E-state index contributed by atoms with van der Waals surface area (Å²) in [4.78, 5) is 26.6. The van der Waals surface area contributed by atoms with Crippen LogP contribution in [0, 0.1) is 0 Å². The van der Waals surface area contributed by atoms with Crippen molar-refractivity contribution in [1.82, 2.24) is 5.32 Å². The fraction of sp³-hybridized carbons (Fsp3) is 0.250. The molecule has 3 aromatic carbocycles. The standard InChI is InChI=1S/C24H24N2O3/c27-22(25-14-16-29-17-18-7-2-1-3-8-18)13-6-15-26-21-12-5-10-19-9-4-11-20(23(19)21)24(26)28/h1-5,7-12H,6,13-17H2,(H,25,27). The maximum absolute atomic E-state index is 12.7. The van der Waals surface area contributed by atoms with Crippen molar-refractivity contribution in [3.63, 3.8) is 0 Å². The summed E-state index contributed by atoms with van der Waals surface area (Å²) in [5, 5.41) is 4.96. The number of hydrogen-bond donors (Lipinski definition) is 1. The fourth-order valence-corrected chi connectivity index (χ4v) is 3.71. The Balaban J connectivity index is 1.19. The predicted molar refractivity (Wildman–Crippen MR) is 114 cm³/mol. The van der Waals surface area contributed by atoms with Gasteiger partial charge in [-0.15, -0.1) is 0 Å². The van der Waals surface area contributed by atoms with Gasteiger partial charge in [-0.3, -0.25) is 9.59 Å². The first-order valence-corrected chi connectivity index (χ1v) is 9.96. The molecule has 5 nitrogen and oxygen atoms in total. The van der Waals surface area contributed by atoms with Crippen LogP contribution in [0.2, 0.25) is 0 Å². The second-order valence-corrected chi connectivity index (χ2v) is 7.13. The molecule has 0 fully saturated rings. The summed E-state index contributed by atoms with van der Waals surface area (Å²) in [7, 11) is 0. The molecule has 1 aliphatic heterocycles. The number of amides is 2. The van der Waals surface area contributed by atoms with Crippen molar-refractivity contribution < 1.29 is 14.3 Å². The first-order chi connectivity index (χ1) is 14.2. The molecule has 3 aromatic rings. The Hall–Kier alpha value is -3.18. The third-order valence-corrected chi connectivity index (χ3v) is 5.11. The highest BCUT2D eigenvalue weighted by Gasteiger charge is 2.28. The minimum atomic E-state index is -0.0179. The lowest BCUT2D eigenvalue weighted by Crippen LogP contribution is -2.30. The lowest BCUT2D eigenvalue weighted by Gasteiger charge is -2.17. The van der Waals surface area contributed by atoms with E-state index in [2.05, 4.69) is 5.32 Å². The summed E-state index contributed by atoms with van der Waals surface area (Å²) in [6, 6.07) is 21.7. The van der Waals surface area contributed by atoms with Crippen LogP contribution in [0.15, 0.2) is 66.7 Å². The molecule has 1 heterocycles. The van der Waals surface area contributed by atoms with Gasteiger partial charge in [0.2, 0.25) is 5.91 Å². The smallest absolute Gasteiger partial charge is 0.258 e. The summed E-state index contributed by atoms with van der Waals surface area (Å²) in [5.41, 5.74) is 2.81. The molecule has 148 valence electrons. The molecule has 1 aliphatic rings.